The molecule has 0 radical (unpaired) electrons. The highest BCUT2D eigenvalue weighted by atomic mass is 19.1. The highest BCUT2D eigenvalue weighted by Crippen LogP contribution is 2.34. The molecule has 4 nitrogen and oxygen atoms in total. The van der Waals surface area contributed by atoms with E-state index in [1.807, 2.05) is 6.92 Å². The largest absolute Gasteiger partial charge is 0.387 e. The summed E-state index contributed by atoms with van der Waals surface area (Å²) in [6, 6.07) is 6.42. The number of hydrogen-bond acceptors (Lipinski definition) is 4. The summed E-state index contributed by atoms with van der Waals surface area (Å²) in [4.78, 5) is 2.18. The molecule has 1 aromatic carbocycles. The lowest BCUT2D eigenvalue weighted by Crippen LogP contribution is -2.47. The number of β-amino-alcohol motifs (C(OH)–C–C–N with tert-alkyl or cyclic N) is 1. The first-order chi connectivity index (χ1) is 10.6. The Bertz CT molecular complexity index is 504. The van der Waals surface area contributed by atoms with Gasteiger partial charge < -0.3 is 14.6 Å². The number of benzene rings is 1. The van der Waals surface area contributed by atoms with Crippen molar-refractivity contribution in [3.05, 3.63) is 35.6 Å². The molecule has 2 aliphatic heterocycles. The molecule has 0 saturated carbocycles. The Kier molecular flexibility index (Phi) is 4.78. The maximum absolute atomic E-state index is 13.8. The molecular weight excluding hydrogens is 285 g/mol. The van der Waals surface area contributed by atoms with Gasteiger partial charge in [0, 0.05) is 24.6 Å². The molecule has 0 spiro atoms. The predicted octanol–water partition coefficient (Wildman–Crippen LogP) is 2.33. The Balaban J connectivity index is 1.62. The molecule has 0 aliphatic carbocycles. The molecule has 5 heteroatoms. The monoisotopic (exact) mass is 309 g/mol. The van der Waals surface area contributed by atoms with Gasteiger partial charge in [-0.3, -0.25) is 4.90 Å². The molecule has 2 atom stereocenters. The Morgan fingerprint density at radius 2 is 2.09 bits per heavy atom. The topological polar surface area (TPSA) is 41.9 Å². The molecule has 2 heterocycles. The van der Waals surface area contributed by atoms with Gasteiger partial charge >= 0.3 is 0 Å². The van der Waals surface area contributed by atoms with Crippen LogP contribution in [-0.4, -0.2) is 48.6 Å². The van der Waals surface area contributed by atoms with Gasteiger partial charge in [0.1, 0.15) is 5.82 Å². The molecule has 1 N–H and O–H groups in total. The van der Waals surface area contributed by atoms with Crippen molar-refractivity contribution < 1.29 is 19.0 Å². The average Bonchev–Trinajstić information content (AvgIpc) is 2.96. The van der Waals surface area contributed by atoms with Crippen LogP contribution in [-0.2, 0) is 9.47 Å². The number of rotatable bonds is 4. The predicted molar refractivity (Wildman–Crippen MR) is 80.8 cm³/mol. The van der Waals surface area contributed by atoms with E-state index in [4.69, 9.17) is 9.47 Å². The molecule has 2 saturated heterocycles. The SMILES string of the molecule is CC1([C@@H]2CCCN(C[C@@H](O)c3ccccc3F)C2)OCCO1. The maximum atomic E-state index is 13.8. The summed E-state index contributed by atoms with van der Waals surface area (Å²) in [6.45, 7) is 5.45. The van der Waals surface area contributed by atoms with Crippen molar-refractivity contribution >= 4 is 0 Å². The number of aliphatic hydroxyl groups is 1. The molecule has 0 amide bonds. The number of hydrogen-bond donors (Lipinski definition) is 1. The summed E-state index contributed by atoms with van der Waals surface area (Å²) in [5, 5.41) is 10.3. The van der Waals surface area contributed by atoms with Gasteiger partial charge in [0.05, 0.1) is 19.3 Å². The number of piperidine rings is 1. The molecule has 2 fully saturated rings. The van der Waals surface area contributed by atoms with E-state index in [1.165, 1.54) is 6.07 Å². The van der Waals surface area contributed by atoms with E-state index < -0.39 is 11.9 Å². The van der Waals surface area contributed by atoms with Crippen molar-refractivity contribution in [2.45, 2.75) is 31.7 Å². The first kappa shape index (κ1) is 15.9. The highest BCUT2D eigenvalue weighted by Gasteiger charge is 2.41. The fourth-order valence-electron chi connectivity index (χ4n) is 3.50. The molecule has 3 rings (SSSR count). The van der Waals surface area contributed by atoms with Crippen molar-refractivity contribution in [1.29, 1.82) is 0 Å². The Morgan fingerprint density at radius 3 is 2.82 bits per heavy atom. The zero-order valence-electron chi connectivity index (χ0n) is 13.0. The van der Waals surface area contributed by atoms with E-state index in [-0.39, 0.29) is 11.7 Å². The summed E-state index contributed by atoms with van der Waals surface area (Å²) in [5.74, 6) is -0.573. The van der Waals surface area contributed by atoms with E-state index in [2.05, 4.69) is 4.90 Å². The zero-order chi connectivity index (χ0) is 15.6. The third kappa shape index (κ3) is 3.33. The molecule has 1 aromatic rings. The number of likely N-dealkylation sites (tertiary alicyclic amines) is 1. The van der Waals surface area contributed by atoms with E-state index in [0.29, 0.717) is 25.3 Å². The first-order valence-corrected chi connectivity index (χ1v) is 8.01. The molecule has 2 aliphatic rings. The van der Waals surface area contributed by atoms with Crippen molar-refractivity contribution in [2.24, 2.45) is 5.92 Å². The molecule has 22 heavy (non-hydrogen) atoms. The van der Waals surface area contributed by atoms with Crippen LogP contribution in [0, 0.1) is 11.7 Å². The Labute approximate surface area is 130 Å². The van der Waals surface area contributed by atoms with E-state index in [0.717, 1.165) is 25.9 Å². The van der Waals surface area contributed by atoms with Crippen LogP contribution >= 0.6 is 0 Å². The van der Waals surface area contributed by atoms with Gasteiger partial charge in [-0.15, -0.1) is 0 Å². The number of aliphatic hydroxyl groups excluding tert-OH is 1. The van der Waals surface area contributed by atoms with Gasteiger partial charge in [0.25, 0.3) is 0 Å². The second kappa shape index (κ2) is 6.62. The average molecular weight is 309 g/mol. The zero-order valence-corrected chi connectivity index (χ0v) is 13.0. The molecule has 0 bridgehead atoms. The van der Waals surface area contributed by atoms with Crippen LogP contribution in [0.3, 0.4) is 0 Å². The van der Waals surface area contributed by atoms with E-state index >= 15 is 0 Å². The summed E-state index contributed by atoms with van der Waals surface area (Å²) in [7, 11) is 0. The number of ether oxygens (including phenoxy) is 2. The summed E-state index contributed by atoms with van der Waals surface area (Å²) in [6.07, 6.45) is 1.29. The van der Waals surface area contributed by atoms with Crippen LogP contribution < -0.4 is 0 Å². The quantitative estimate of drug-likeness (QED) is 0.927. The summed E-state index contributed by atoms with van der Waals surface area (Å²) < 4.78 is 25.3. The van der Waals surface area contributed by atoms with Crippen LogP contribution in [0.1, 0.15) is 31.4 Å². The van der Waals surface area contributed by atoms with E-state index in [9.17, 15) is 9.50 Å². The summed E-state index contributed by atoms with van der Waals surface area (Å²) in [5.41, 5.74) is 0.365. The second-order valence-electron chi connectivity index (χ2n) is 6.35. The lowest BCUT2D eigenvalue weighted by atomic mass is 9.90. The minimum Gasteiger partial charge on any atom is -0.387 e. The van der Waals surface area contributed by atoms with Crippen molar-refractivity contribution in [2.75, 3.05) is 32.8 Å². The third-order valence-electron chi connectivity index (χ3n) is 4.80. The van der Waals surface area contributed by atoms with Gasteiger partial charge in [-0.2, -0.15) is 0 Å². The first-order valence-electron chi connectivity index (χ1n) is 8.01. The van der Waals surface area contributed by atoms with E-state index in [1.54, 1.807) is 18.2 Å². The van der Waals surface area contributed by atoms with Gasteiger partial charge in [-0.1, -0.05) is 18.2 Å². The minimum atomic E-state index is -0.807. The van der Waals surface area contributed by atoms with Crippen molar-refractivity contribution in [3.8, 4) is 0 Å². The van der Waals surface area contributed by atoms with Crippen LogP contribution in [0.5, 0.6) is 0 Å². The molecule has 122 valence electrons. The fourth-order valence-corrected chi connectivity index (χ4v) is 3.50. The number of halogens is 1. The van der Waals surface area contributed by atoms with Crippen LogP contribution in [0.15, 0.2) is 24.3 Å². The van der Waals surface area contributed by atoms with Crippen molar-refractivity contribution in [1.82, 2.24) is 4.90 Å². The Morgan fingerprint density at radius 1 is 1.36 bits per heavy atom. The highest BCUT2D eigenvalue weighted by molar-refractivity contribution is 5.20. The summed E-state index contributed by atoms with van der Waals surface area (Å²) >= 11 is 0. The molecule has 0 aromatic heterocycles. The minimum absolute atomic E-state index is 0.288. The van der Waals surface area contributed by atoms with Crippen LogP contribution in [0.2, 0.25) is 0 Å². The van der Waals surface area contributed by atoms with Gasteiger partial charge in [-0.25, -0.2) is 4.39 Å². The van der Waals surface area contributed by atoms with Crippen molar-refractivity contribution in [3.63, 3.8) is 0 Å². The lowest BCUT2D eigenvalue weighted by molar-refractivity contribution is -0.192. The standard InChI is InChI=1S/C17H24FNO3/c1-17(21-9-10-22-17)13-5-4-8-19(11-13)12-16(20)14-6-2-3-7-15(14)18/h2-3,6-7,13,16,20H,4-5,8-12H2,1H3/t13-,16-/m1/s1. The van der Waals surface area contributed by atoms with Crippen LogP contribution in [0.4, 0.5) is 4.39 Å². The molecule has 0 unspecified atom stereocenters. The van der Waals surface area contributed by atoms with Crippen LogP contribution in [0.25, 0.3) is 0 Å². The Hall–Kier alpha value is -1.01. The van der Waals surface area contributed by atoms with Gasteiger partial charge in [-0.05, 0) is 32.4 Å². The maximum Gasteiger partial charge on any atom is 0.169 e. The third-order valence-corrected chi connectivity index (χ3v) is 4.80. The normalized spacial score (nSPS) is 27.0. The fraction of sp³-hybridized carbons (Fsp3) is 0.647. The molecular formula is C17H24FNO3. The second-order valence-corrected chi connectivity index (χ2v) is 6.35. The van der Waals surface area contributed by atoms with Gasteiger partial charge in [0.2, 0.25) is 0 Å². The van der Waals surface area contributed by atoms with Gasteiger partial charge in [0.15, 0.2) is 5.79 Å². The lowest BCUT2D eigenvalue weighted by Gasteiger charge is -2.40. The number of nitrogens with zero attached hydrogens (tertiary/aromatic N) is 1. The smallest absolute Gasteiger partial charge is 0.169 e.